The number of methoxy groups -OCH3 is 1. The number of carbonyl (C=O) groups is 1. The van der Waals surface area contributed by atoms with Crippen molar-refractivity contribution in [2.45, 2.75) is 12.8 Å². The van der Waals surface area contributed by atoms with Crippen LogP contribution in [-0.2, 0) is 37.5 Å². The summed E-state index contributed by atoms with van der Waals surface area (Å²) < 4.78 is 74.7. The molecule has 1 aromatic heterocycles. The fraction of sp³-hybridized carbons (Fsp3) is 0.238. The number of sulfone groups is 1. The average molecular weight is 529 g/mol. The van der Waals surface area contributed by atoms with E-state index in [2.05, 4.69) is 9.71 Å². The van der Waals surface area contributed by atoms with Crippen molar-refractivity contribution in [1.82, 2.24) is 4.98 Å². The topological polar surface area (TPSA) is 129 Å². The molecule has 0 atom stereocenters. The Labute approximate surface area is 200 Å². The first-order valence-electron chi connectivity index (χ1n) is 9.67. The number of carbonyl (C=O) groups excluding carboxylic acids is 1. The van der Waals surface area contributed by atoms with Gasteiger partial charge in [0.2, 0.25) is 15.8 Å². The number of para-hydroxylation sites is 1. The third-order valence-corrected chi connectivity index (χ3v) is 8.57. The van der Waals surface area contributed by atoms with Crippen LogP contribution < -0.4 is 14.2 Å². The normalized spacial score (nSPS) is 11.7. The second-order valence-corrected chi connectivity index (χ2v) is 12.5. The van der Waals surface area contributed by atoms with Gasteiger partial charge in [-0.05, 0) is 30.3 Å². The molecule has 0 bridgehead atoms. The van der Waals surface area contributed by atoms with E-state index in [-0.39, 0.29) is 47.1 Å². The summed E-state index contributed by atoms with van der Waals surface area (Å²) in [4.78, 5) is 16.7. The number of rotatable bonds is 11. The molecule has 34 heavy (non-hydrogen) atoms. The molecule has 1 N–H and O–H groups in total. The van der Waals surface area contributed by atoms with Crippen molar-refractivity contribution in [3.05, 3.63) is 64.4 Å². The molecular weight excluding hydrogens is 507 g/mol. The van der Waals surface area contributed by atoms with Crippen LogP contribution in [0.25, 0.3) is 0 Å². The quantitative estimate of drug-likeness (QED) is 0.402. The van der Waals surface area contributed by atoms with Gasteiger partial charge in [-0.3, -0.25) is 9.52 Å². The van der Waals surface area contributed by atoms with Gasteiger partial charge in [0.15, 0.2) is 26.5 Å². The standard InChI is InChI=1S/C21H21FN2O7S3/c1-30-19-5-3-4-17(22)21(19)31-18-7-6-15(24-34(28,29)13-33(2,26)27)10-14(18)11-16(25)12-20-23-8-9-32-20/h3-10,24H,11-13H2,1-2H3. The van der Waals surface area contributed by atoms with Crippen LogP contribution in [0.15, 0.2) is 48.0 Å². The Morgan fingerprint density at radius 2 is 1.88 bits per heavy atom. The maximum atomic E-state index is 14.4. The van der Waals surface area contributed by atoms with Gasteiger partial charge in [0.25, 0.3) is 0 Å². The molecule has 0 aliphatic rings. The Hall–Kier alpha value is -3.03. The number of ketones is 1. The van der Waals surface area contributed by atoms with Crippen molar-refractivity contribution >= 4 is 42.7 Å². The summed E-state index contributed by atoms with van der Waals surface area (Å²) in [6.07, 6.45) is 2.24. The number of thiazole rings is 1. The maximum Gasteiger partial charge on any atom is 0.247 e. The number of hydrogen-bond acceptors (Lipinski definition) is 9. The lowest BCUT2D eigenvalue weighted by Gasteiger charge is -2.16. The van der Waals surface area contributed by atoms with Gasteiger partial charge in [0.1, 0.15) is 11.5 Å². The molecule has 1 heterocycles. The number of aromatic nitrogens is 1. The lowest BCUT2D eigenvalue weighted by Crippen LogP contribution is -2.22. The van der Waals surface area contributed by atoms with Crippen LogP contribution in [0.2, 0.25) is 0 Å². The lowest BCUT2D eigenvalue weighted by atomic mass is 10.1. The lowest BCUT2D eigenvalue weighted by molar-refractivity contribution is -0.117. The highest BCUT2D eigenvalue weighted by Crippen LogP contribution is 2.36. The average Bonchev–Trinajstić information content (AvgIpc) is 3.21. The van der Waals surface area contributed by atoms with Crippen LogP contribution in [0, 0.1) is 5.82 Å². The summed E-state index contributed by atoms with van der Waals surface area (Å²) in [5.41, 5.74) is 0.278. The van der Waals surface area contributed by atoms with E-state index in [9.17, 15) is 26.0 Å². The SMILES string of the molecule is COc1cccc(F)c1Oc1ccc(NS(=O)(=O)CS(C)(=O)=O)cc1CC(=O)Cc1nccs1. The van der Waals surface area contributed by atoms with Crippen LogP contribution in [0.3, 0.4) is 0 Å². The van der Waals surface area contributed by atoms with Gasteiger partial charge in [0.05, 0.1) is 18.5 Å². The number of sulfonamides is 1. The largest absolute Gasteiger partial charge is 0.493 e. The zero-order valence-electron chi connectivity index (χ0n) is 18.1. The van der Waals surface area contributed by atoms with E-state index in [1.54, 1.807) is 11.6 Å². The fourth-order valence-electron chi connectivity index (χ4n) is 3.01. The van der Waals surface area contributed by atoms with Gasteiger partial charge >= 0.3 is 0 Å². The van der Waals surface area contributed by atoms with Gasteiger partial charge in [-0.2, -0.15) is 0 Å². The molecular formula is C21H21FN2O7S3. The Balaban J connectivity index is 1.95. The smallest absolute Gasteiger partial charge is 0.247 e. The Morgan fingerprint density at radius 3 is 2.53 bits per heavy atom. The van der Waals surface area contributed by atoms with E-state index >= 15 is 0 Å². The molecule has 0 unspecified atom stereocenters. The van der Waals surface area contributed by atoms with Crippen molar-refractivity contribution in [2.75, 3.05) is 23.2 Å². The first-order valence-corrected chi connectivity index (χ1v) is 14.3. The number of halogens is 1. The van der Waals surface area contributed by atoms with Crippen LogP contribution in [0.5, 0.6) is 17.2 Å². The van der Waals surface area contributed by atoms with Gasteiger partial charge in [-0.1, -0.05) is 6.07 Å². The Morgan fingerprint density at radius 1 is 1.12 bits per heavy atom. The van der Waals surface area contributed by atoms with Crippen LogP contribution in [-0.4, -0.2) is 46.1 Å². The van der Waals surface area contributed by atoms with Crippen molar-refractivity contribution in [1.29, 1.82) is 0 Å². The number of Topliss-reactive ketones (excluding diaryl/α,β-unsaturated/α-hetero) is 1. The molecule has 0 radical (unpaired) electrons. The molecule has 0 aliphatic heterocycles. The molecule has 9 nitrogen and oxygen atoms in total. The molecule has 0 amide bonds. The van der Waals surface area contributed by atoms with Gasteiger partial charge in [-0.25, -0.2) is 26.2 Å². The highest BCUT2D eigenvalue weighted by molar-refractivity contribution is 8.08. The van der Waals surface area contributed by atoms with E-state index in [0.29, 0.717) is 5.01 Å². The second kappa shape index (κ2) is 10.5. The van der Waals surface area contributed by atoms with E-state index < -0.39 is 30.8 Å². The summed E-state index contributed by atoms with van der Waals surface area (Å²) in [5.74, 6) is -0.919. The van der Waals surface area contributed by atoms with Crippen LogP contribution >= 0.6 is 11.3 Å². The maximum absolute atomic E-state index is 14.4. The first-order chi connectivity index (χ1) is 16.0. The van der Waals surface area contributed by atoms with Gasteiger partial charge < -0.3 is 9.47 Å². The van der Waals surface area contributed by atoms with E-state index in [1.165, 1.54) is 54.8 Å². The highest BCUT2D eigenvalue weighted by Gasteiger charge is 2.21. The predicted molar refractivity (Wildman–Crippen MR) is 126 cm³/mol. The third-order valence-electron chi connectivity index (χ3n) is 4.29. The van der Waals surface area contributed by atoms with Gasteiger partial charge in [-0.15, -0.1) is 11.3 Å². The zero-order chi connectivity index (χ0) is 24.9. The number of anilines is 1. The Kier molecular flexibility index (Phi) is 7.89. The minimum atomic E-state index is -4.22. The third kappa shape index (κ3) is 7.23. The second-order valence-electron chi connectivity index (χ2n) is 7.27. The fourth-order valence-corrected chi connectivity index (χ4v) is 6.64. The summed E-state index contributed by atoms with van der Waals surface area (Å²) in [6, 6.07) is 8.13. The predicted octanol–water partition coefficient (Wildman–Crippen LogP) is 3.18. The molecule has 2 aromatic carbocycles. The minimum Gasteiger partial charge on any atom is -0.493 e. The number of ether oxygens (including phenoxy) is 2. The summed E-state index contributed by atoms with van der Waals surface area (Å²) in [7, 11) is -6.68. The summed E-state index contributed by atoms with van der Waals surface area (Å²) in [6.45, 7) is 0. The molecule has 182 valence electrons. The molecule has 13 heteroatoms. The van der Waals surface area contributed by atoms with E-state index in [1.807, 2.05) is 0 Å². The molecule has 3 rings (SSSR count). The molecule has 3 aromatic rings. The van der Waals surface area contributed by atoms with Gasteiger partial charge in [0, 0.05) is 35.5 Å². The number of nitrogens with one attached hydrogen (secondary N) is 1. The monoisotopic (exact) mass is 528 g/mol. The zero-order valence-corrected chi connectivity index (χ0v) is 20.6. The number of nitrogens with zero attached hydrogens (tertiary/aromatic N) is 1. The number of benzene rings is 2. The van der Waals surface area contributed by atoms with E-state index in [0.717, 1.165) is 6.26 Å². The molecule has 0 saturated heterocycles. The first kappa shape index (κ1) is 25.6. The summed E-state index contributed by atoms with van der Waals surface area (Å²) >= 11 is 1.31. The van der Waals surface area contributed by atoms with Crippen LogP contribution in [0.4, 0.5) is 10.1 Å². The Bertz CT molecular complexity index is 1390. The molecule has 0 aliphatic carbocycles. The van der Waals surface area contributed by atoms with Crippen LogP contribution in [0.1, 0.15) is 10.6 Å². The van der Waals surface area contributed by atoms with Crippen molar-refractivity contribution in [2.24, 2.45) is 0 Å². The highest BCUT2D eigenvalue weighted by atomic mass is 32.3. The summed E-state index contributed by atoms with van der Waals surface area (Å²) in [5, 5.41) is 1.23. The molecule has 0 spiro atoms. The molecule has 0 fully saturated rings. The van der Waals surface area contributed by atoms with Crippen molar-refractivity contribution in [3.8, 4) is 17.2 Å². The van der Waals surface area contributed by atoms with Crippen molar-refractivity contribution in [3.63, 3.8) is 0 Å². The number of hydrogen-bond donors (Lipinski definition) is 1. The minimum absolute atomic E-state index is 0.0218. The van der Waals surface area contributed by atoms with Crippen molar-refractivity contribution < 1.29 is 35.5 Å². The molecule has 0 saturated carbocycles. The van der Waals surface area contributed by atoms with E-state index in [4.69, 9.17) is 9.47 Å².